The minimum Gasteiger partial charge on any atom is -0.497 e. The van der Waals surface area contributed by atoms with Crippen LogP contribution in [0.3, 0.4) is 0 Å². The number of ketones is 1. The molecule has 0 spiro atoms. The molecule has 5 rings (SSSR count). The zero-order chi connectivity index (χ0) is 23.1. The van der Waals surface area contributed by atoms with Crippen molar-refractivity contribution in [3.8, 4) is 35.7 Å². The van der Waals surface area contributed by atoms with Crippen molar-refractivity contribution in [2.45, 2.75) is 36.5 Å². The maximum absolute atomic E-state index is 13.5. The molecule has 6 nitrogen and oxygen atoms in total. The fraction of sp³-hybridized carbons (Fsp3) is 0.259. The molecule has 2 aromatic rings. The average molecular weight is 439 g/mol. The number of nitrogens with zero attached hydrogens (tertiary/aromatic N) is 1. The molecule has 0 bridgehead atoms. The largest absolute Gasteiger partial charge is 0.497 e. The van der Waals surface area contributed by atoms with E-state index in [1.165, 1.54) is 17.1 Å². The maximum Gasteiger partial charge on any atom is 0.420 e. The molecule has 3 unspecified atom stereocenters. The van der Waals surface area contributed by atoms with Gasteiger partial charge in [-0.25, -0.2) is 4.79 Å². The Balaban J connectivity index is 1.68. The molecule has 2 heterocycles. The van der Waals surface area contributed by atoms with E-state index < -0.39 is 23.3 Å². The van der Waals surface area contributed by atoms with Crippen LogP contribution in [0.15, 0.2) is 60.7 Å². The van der Waals surface area contributed by atoms with Crippen molar-refractivity contribution >= 4 is 17.6 Å². The summed E-state index contributed by atoms with van der Waals surface area (Å²) in [4.78, 5) is 28.2. The van der Waals surface area contributed by atoms with E-state index in [4.69, 9.17) is 20.6 Å². The third kappa shape index (κ3) is 3.03. The van der Waals surface area contributed by atoms with Crippen LogP contribution >= 0.6 is 0 Å². The number of allylic oxidation sites excluding steroid dienone is 2. The van der Waals surface area contributed by atoms with Crippen LogP contribution in [0.5, 0.6) is 11.5 Å². The Kier molecular flexibility index (Phi) is 4.96. The van der Waals surface area contributed by atoms with Crippen LogP contribution in [-0.4, -0.2) is 30.6 Å². The van der Waals surface area contributed by atoms with Crippen LogP contribution in [-0.2, 0) is 15.1 Å². The third-order valence-corrected chi connectivity index (χ3v) is 6.40. The standard InChI is InChI=1S/C27H21NO5/c1-3-4-5-9-13-23-26-17-10-14-24(29)27(26,33-26)21-18-20(31-2)15-16-22(21)28(23)25(30)32-19-11-7-6-8-12-19/h1,4-8,11-12,15-16,18,23H,10,14,17H2,2H3/b5-4-. The number of carbonyl (C=O) groups excluding carboxylic acids is 2. The number of epoxide rings is 1. The second kappa shape index (κ2) is 7.85. The van der Waals surface area contributed by atoms with E-state index in [-0.39, 0.29) is 5.78 Å². The lowest BCUT2D eigenvalue weighted by atomic mass is 9.68. The molecule has 2 aliphatic heterocycles. The van der Waals surface area contributed by atoms with E-state index in [1.807, 2.05) is 6.07 Å². The number of anilines is 1. The number of ether oxygens (including phenoxy) is 3. The highest BCUT2D eigenvalue weighted by Crippen LogP contribution is 2.69. The number of hydrogen-bond acceptors (Lipinski definition) is 5. The molecule has 6 heteroatoms. The highest BCUT2D eigenvalue weighted by molar-refractivity contribution is 6.02. The summed E-state index contributed by atoms with van der Waals surface area (Å²) in [6.07, 6.45) is 9.34. The van der Waals surface area contributed by atoms with Gasteiger partial charge >= 0.3 is 6.09 Å². The first-order chi connectivity index (χ1) is 16.1. The molecule has 0 radical (unpaired) electrons. The van der Waals surface area contributed by atoms with Crippen molar-refractivity contribution in [3.05, 3.63) is 66.2 Å². The Bertz CT molecular complexity index is 1260. The zero-order valence-electron chi connectivity index (χ0n) is 18.0. The molecule has 2 aromatic carbocycles. The number of Topliss-reactive ketones (excluding diaryl/α,β-unsaturated/α-hetero) is 1. The second-order valence-corrected chi connectivity index (χ2v) is 8.07. The van der Waals surface area contributed by atoms with Crippen LogP contribution in [0.25, 0.3) is 0 Å². The minimum absolute atomic E-state index is 0.00898. The molecule has 1 aliphatic carbocycles. The van der Waals surface area contributed by atoms with Gasteiger partial charge in [0.25, 0.3) is 0 Å². The topological polar surface area (TPSA) is 68.4 Å². The van der Waals surface area contributed by atoms with Crippen molar-refractivity contribution in [1.82, 2.24) is 0 Å². The van der Waals surface area contributed by atoms with Gasteiger partial charge in [-0.1, -0.05) is 36.0 Å². The maximum atomic E-state index is 13.5. The predicted octanol–water partition coefficient (Wildman–Crippen LogP) is 3.99. The number of fused-ring (bicyclic) bond motifs is 1. The Morgan fingerprint density at radius 2 is 2.03 bits per heavy atom. The van der Waals surface area contributed by atoms with Crippen molar-refractivity contribution in [2.75, 3.05) is 12.0 Å². The number of methoxy groups -OCH3 is 1. The highest BCUT2D eigenvalue weighted by Gasteiger charge is 2.82. The summed E-state index contributed by atoms with van der Waals surface area (Å²) in [7, 11) is 1.56. The molecule has 3 atom stereocenters. The molecule has 2 fully saturated rings. The van der Waals surface area contributed by atoms with Crippen molar-refractivity contribution in [1.29, 1.82) is 0 Å². The number of amides is 1. The number of carbonyl (C=O) groups is 2. The van der Waals surface area contributed by atoms with Crippen LogP contribution in [0.4, 0.5) is 10.5 Å². The first-order valence-corrected chi connectivity index (χ1v) is 10.7. The number of benzene rings is 2. The Hall–Kier alpha value is -4.00. The molecule has 164 valence electrons. The van der Waals surface area contributed by atoms with Gasteiger partial charge in [0, 0.05) is 12.0 Å². The summed E-state index contributed by atoms with van der Waals surface area (Å²) in [6, 6.07) is 13.3. The molecule has 1 saturated heterocycles. The molecule has 0 aromatic heterocycles. The second-order valence-electron chi connectivity index (χ2n) is 8.07. The number of terminal acetylenes is 1. The van der Waals surface area contributed by atoms with Gasteiger partial charge in [0.2, 0.25) is 0 Å². The summed E-state index contributed by atoms with van der Waals surface area (Å²) in [5.74, 6) is 9.40. The lowest BCUT2D eigenvalue weighted by Crippen LogP contribution is -2.58. The molecular formula is C27H21NO5. The zero-order valence-corrected chi connectivity index (χ0v) is 18.0. The SMILES string of the molecule is C#C/C=C\C#CC1N(C(=O)Oc2ccccc2)c2ccc(OC)cc2C23OC12CCCC3=O. The summed E-state index contributed by atoms with van der Waals surface area (Å²) in [5, 5.41) is 0. The first kappa shape index (κ1) is 20.9. The van der Waals surface area contributed by atoms with Gasteiger partial charge in [-0.3, -0.25) is 9.69 Å². The number of hydrogen-bond donors (Lipinski definition) is 0. The Labute approximate surface area is 192 Å². The highest BCUT2D eigenvalue weighted by atomic mass is 16.6. The summed E-state index contributed by atoms with van der Waals surface area (Å²) in [5.41, 5.74) is -0.975. The van der Waals surface area contributed by atoms with Gasteiger partial charge in [0.05, 0.1) is 12.8 Å². The summed E-state index contributed by atoms with van der Waals surface area (Å²) < 4.78 is 17.4. The fourth-order valence-electron chi connectivity index (χ4n) is 5.00. The van der Waals surface area contributed by atoms with Gasteiger partial charge in [-0.2, -0.15) is 0 Å². The van der Waals surface area contributed by atoms with E-state index in [9.17, 15) is 9.59 Å². The lowest BCUT2D eigenvalue weighted by Gasteiger charge is -2.40. The quantitative estimate of drug-likeness (QED) is 0.523. The van der Waals surface area contributed by atoms with E-state index in [0.717, 1.165) is 0 Å². The van der Waals surface area contributed by atoms with E-state index >= 15 is 0 Å². The molecule has 0 N–H and O–H groups in total. The number of rotatable bonds is 2. The van der Waals surface area contributed by atoms with Gasteiger partial charge in [-0.05, 0) is 55.3 Å². The third-order valence-electron chi connectivity index (χ3n) is 6.40. The lowest BCUT2D eigenvalue weighted by molar-refractivity contribution is -0.125. The van der Waals surface area contributed by atoms with Crippen LogP contribution < -0.4 is 14.4 Å². The molecule has 1 saturated carbocycles. The van der Waals surface area contributed by atoms with Crippen molar-refractivity contribution < 1.29 is 23.8 Å². The monoisotopic (exact) mass is 439 g/mol. The average Bonchev–Trinajstić information content (AvgIpc) is 3.55. The molecule has 1 amide bonds. The van der Waals surface area contributed by atoms with Gasteiger partial charge < -0.3 is 14.2 Å². The van der Waals surface area contributed by atoms with Crippen LogP contribution in [0, 0.1) is 24.2 Å². The minimum atomic E-state index is -1.15. The van der Waals surface area contributed by atoms with Crippen LogP contribution in [0.1, 0.15) is 24.8 Å². The predicted molar refractivity (Wildman–Crippen MR) is 122 cm³/mol. The Morgan fingerprint density at radius 1 is 1.21 bits per heavy atom. The van der Waals surface area contributed by atoms with E-state index in [0.29, 0.717) is 42.0 Å². The van der Waals surface area contributed by atoms with Gasteiger partial charge in [0.15, 0.2) is 11.4 Å². The molecule has 3 aliphatic rings. The van der Waals surface area contributed by atoms with Crippen LogP contribution in [0.2, 0.25) is 0 Å². The molecule has 33 heavy (non-hydrogen) atoms. The smallest absolute Gasteiger partial charge is 0.420 e. The van der Waals surface area contributed by atoms with Crippen molar-refractivity contribution in [3.63, 3.8) is 0 Å². The fourth-order valence-corrected chi connectivity index (χ4v) is 5.00. The van der Waals surface area contributed by atoms with E-state index in [2.05, 4.69) is 17.8 Å². The van der Waals surface area contributed by atoms with Gasteiger partial charge in [0.1, 0.15) is 23.1 Å². The number of para-hydroxylation sites is 1. The van der Waals surface area contributed by atoms with Crippen molar-refractivity contribution in [2.24, 2.45) is 0 Å². The summed E-state index contributed by atoms with van der Waals surface area (Å²) in [6.45, 7) is 0. The first-order valence-electron chi connectivity index (χ1n) is 10.7. The Morgan fingerprint density at radius 3 is 2.79 bits per heavy atom. The molecular weight excluding hydrogens is 418 g/mol. The van der Waals surface area contributed by atoms with Gasteiger partial charge in [-0.15, -0.1) is 6.42 Å². The normalized spacial score (nSPS) is 26.7. The summed E-state index contributed by atoms with van der Waals surface area (Å²) >= 11 is 0. The van der Waals surface area contributed by atoms with E-state index in [1.54, 1.807) is 49.6 Å².